The number of aryl methyl sites for hydroxylation is 1. The Morgan fingerprint density at radius 1 is 1.16 bits per heavy atom. The SMILES string of the molecule is Cc1ccccc1OCC(=O)N[C@@H](C)c1cccc(NS(C)(=O)=O)c1. The van der Waals surface area contributed by atoms with Crippen LogP contribution in [-0.4, -0.2) is 27.2 Å². The molecule has 0 aliphatic carbocycles. The highest BCUT2D eigenvalue weighted by Crippen LogP contribution is 2.19. The van der Waals surface area contributed by atoms with E-state index in [1.54, 1.807) is 18.2 Å². The summed E-state index contributed by atoms with van der Waals surface area (Å²) in [6, 6.07) is 14.1. The number of carbonyl (C=O) groups excluding carboxylic acids is 1. The summed E-state index contributed by atoms with van der Waals surface area (Å²) in [4.78, 5) is 12.1. The first-order valence-electron chi connectivity index (χ1n) is 7.80. The van der Waals surface area contributed by atoms with Crippen molar-refractivity contribution in [1.82, 2.24) is 5.32 Å². The van der Waals surface area contributed by atoms with Crippen molar-refractivity contribution in [2.24, 2.45) is 0 Å². The van der Waals surface area contributed by atoms with Gasteiger partial charge in [-0.2, -0.15) is 0 Å². The minimum absolute atomic E-state index is 0.0868. The van der Waals surface area contributed by atoms with E-state index in [1.807, 2.05) is 44.2 Å². The molecule has 134 valence electrons. The number of sulfonamides is 1. The van der Waals surface area contributed by atoms with Crippen LogP contribution in [-0.2, 0) is 14.8 Å². The average molecular weight is 362 g/mol. The van der Waals surface area contributed by atoms with Gasteiger partial charge in [-0.1, -0.05) is 30.3 Å². The number of hydrogen-bond acceptors (Lipinski definition) is 4. The highest BCUT2D eigenvalue weighted by molar-refractivity contribution is 7.92. The molecule has 2 aromatic carbocycles. The summed E-state index contributed by atoms with van der Waals surface area (Å²) >= 11 is 0. The maximum Gasteiger partial charge on any atom is 0.258 e. The Balaban J connectivity index is 1.95. The molecule has 0 fully saturated rings. The van der Waals surface area contributed by atoms with Gasteiger partial charge in [-0.15, -0.1) is 0 Å². The third kappa shape index (κ3) is 6.11. The summed E-state index contributed by atoms with van der Waals surface area (Å²) in [6.07, 6.45) is 1.09. The van der Waals surface area contributed by atoms with E-state index in [0.717, 1.165) is 17.4 Å². The lowest BCUT2D eigenvalue weighted by Crippen LogP contribution is -2.31. The maximum absolute atomic E-state index is 12.1. The lowest BCUT2D eigenvalue weighted by molar-refractivity contribution is -0.123. The molecule has 6 nitrogen and oxygen atoms in total. The Kier molecular flexibility index (Phi) is 6.03. The van der Waals surface area contributed by atoms with Crippen molar-refractivity contribution in [2.45, 2.75) is 19.9 Å². The topological polar surface area (TPSA) is 84.5 Å². The van der Waals surface area contributed by atoms with Crippen molar-refractivity contribution < 1.29 is 17.9 Å². The smallest absolute Gasteiger partial charge is 0.258 e. The molecule has 0 aliphatic rings. The van der Waals surface area contributed by atoms with Gasteiger partial charge in [0.15, 0.2) is 6.61 Å². The molecule has 0 aliphatic heterocycles. The van der Waals surface area contributed by atoms with E-state index < -0.39 is 10.0 Å². The number of anilines is 1. The number of ether oxygens (including phenoxy) is 1. The van der Waals surface area contributed by atoms with E-state index in [1.165, 1.54) is 0 Å². The number of rotatable bonds is 7. The summed E-state index contributed by atoms with van der Waals surface area (Å²) in [5, 5.41) is 2.83. The van der Waals surface area contributed by atoms with Crippen molar-refractivity contribution in [3.8, 4) is 5.75 Å². The fourth-order valence-electron chi connectivity index (χ4n) is 2.31. The molecule has 0 aromatic heterocycles. The third-order valence-corrected chi connectivity index (χ3v) is 4.13. The van der Waals surface area contributed by atoms with Crippen LogP contribution in [0.1, 0.15) is 24.1 Å². The van der Waals surface area contributed by atoms with Gasteiger partial charge < -0.3 is 10.1 Å². The Bertz CT molecular complexity index is 850. The minimum Gasteiger partial charge on any atom is -0.484 e. The molecule has 0 saturated carbocycles. The Labute approximate surface area is 148 Å². The summed E-state index contributed by atoms with van der Waals surface area (Å²) in [5.41, 5.74) is 2.21. The number of para-hydroxylation sites is 1. The molecule has 2 N–H and O–H groups in total. The highest BCUT2D eigenvalue weighted by Gasteiger charge is 2.12. The van der Waals surface area contributed by atoms with E-state index in [-0.39, 0.29) is 18.6 Å². The predicted octanol–water partition coefficient (Wildman–Crippen LogP) is 2.62. The molecular weight excluding hydrogens is 340 g/mol. The van der Waals surface area contributed by atoms with Gasteiger partial charge in [0.05, 0.1) is 12.3 Å². The molecule has 0 spiro atoms. The fraction of sp³-hybridized carbons (Fsp3) is 0.278. The quantitative estimate of drug-likeness (QED) is 0.793. The number of amides is 1. The first-order valence-corrected chi connectivity index (χ1v) is 9.69. The van der Waals surface area contributed by atoms with Crippen molar-refractivity contribution in [2.75, 3.05) is 17.6 Å². The standard InChI is InChI=1S/C18H22N2O4S/c1-13-7-4-5-10-17(13)24-12-18(21)19-14(2)15-8-6-9-16(11-15)20-25(3,22)23/h4-11,14,20H,12H2,1-3H3,(H,19,21)/t14-/m0/s1. The third-order valence-electron chi connectivity index (χ3n) is 3.52. The highest BCUT2D eigenvalue weighted by atomic mass is 32.2. The summed E-state index contributed by atoms with van der Waals surface area (Å²) in [6.45, 7) is 3.65. The molecule has 1 amide bonds. The predicted molar refractivity (Wildman–Crippen MR) is 98.1 cm³/mol. The van der Waals surface area contributed by atoms with Crippen molar-refractivity contribution in [3.63, 3.8) is 0 Å². The molecule has 0 radical (unpaired) electrons. The lowest BCUT2D eigenvalue weighted by Gasteiger charge is -2.16. The monoisotopic (exact) mass is 362 g/mol. The van der Waals surface area contributed by atoms with Gasteiger partial charge in [0.25, 0.3) is 5.91 Å². The van der Waals surface area contributed by atoms with Crippen LogP contribution in [0, 0.1) is 6.92 Å². The van der Waals surface area contributed by atoms with Crippen LogP contribution >= 0.6 is 0 Å². The van der Waals surface area contributed by atoms with E-state index >= 15 is 0 Å². The van der Waals surface area contributed by atoms with Crippen LogP contribution in [0.15, 0.2) is 48.5 Å². The first-order chi connectivity index (χ1) is 11.7. The van der Waals surface area contributed by atoms with Gasteiger partial charge >= 0.3 is 0 Å². The van der Waals surface area contributed by atoms with Gasteiger partial charge in [-0.05, 0) is 43.2 Å². The Morgan fingerprint density at radius 3 is 2.56 bits per heavy atom. The van der Waals surface area contributed by atoms with Gasteiger partial charge in [0.2, 0.25) is 10.0 Å². The summed E-state index contributed by atoms with van der Waals surface area (Å²) < 4.78 is 30.6. The summed E-state index contributed by atoms with van der Waals surface area (Å²) in [5.74, 6) is 0.418. The number of carbonyl (C=O) groups is 1. The van der Waals surface area contributed by atoms with Gasteiger partial charge in [-0.25, -0.2) is 8.42 Å². The zero-order chi connectivity index (χ0) is 18.4. The van der Waals surface area contributed by atoms with Gasteiger partial charge in [0, 0.05) is 5.69 Å². The molecule has 1 atom stereocenters. The Morgan fingerprint density at radius 2 is 1.88 bits per heavy atom. The minimum atomic E-state index is -3.34. The van der Waals surface area contributed by atoms with Gasteiger partial charge in [-0.3, -0.25) is 9.52 Å². The Hall–Kier alpha value is -2.54. The zero-order valence-electron chi connectivity index (χ0n) is 14.4. The fourth-order valence-corrected chi connectivity index (χ4v) is 2.87. The average Bonchev–Trinajstić information content (AvgIpc) is 2.52. The second-order valence-corrected chi connectivity index (χ2v) is 7.59. The largest absolute Gasteiger partial charge is 0.484 e. The molecule has 0 saturated heterocycles. The molecule has 25 heavy (non-hydrogen) atoms. The second kappa shape index (κ2) is 8.02. The molecular formula is C18H22N2O4S. The van der Waals surface area contributed by atoms with Crippen molar-refractivity contribution in [3.05, 3.63) is 59.7 Å². The number of nitrogens with one attached hydrogen (secondary N) is 2. The maximum atomic E-state index is 12.1. The molecule has 2 aromatic rings. The van der Waals surface area contributed by atoms with Crippen LogP contribution in [0.3, 0.4) is 0 Å². The van der Waals surface area contributed by atoms with Crippen LogP contribution < -0.4 is 14.8 Å². The van der Waals surface area contributed by atoms with Crippen molar-refractivity contribution in [1.29, 1.82) is 0 Å². The summed E-state index contributed by atoms with van der Waals surface area (Å²) in [7, 11) is -3.34. The second-order valence-electron chi connectivity index (χ2n) is 5.84. The van der Waals surface area contributed by atoms with E-state index in [2.05, 4.69) is 10.0 Å². The van der Waals surface area contributed by atoms with E-state index in [0.29, 0.717) is 11.4 Å². The van der Waals surface area contributed by atoms with Crippen LogP contribution in [0.2, 0.25) is 0 Å². The normalized spacial score (nSPS) is 12.3. The van der Waals surface area contributed by atoms with Gasteiger partial charge in [0.1, 0.15) is 5.75 Å². The molecule has 0 bridgehead atoms. The molecule has 7 heteroatoms. The van der Waals surface area contributed by atoms with E-state index in [4.69, 9.17) is 4.74 Å². The molecule has 2 rings (SSSR count). The number of benzene rings is 2. The number of hydrogen-bond donors (Lipinski definition) is 2. The lowest BCUT2D eigenvalue weighted by atomic mass is 10.1. The van der Waals surface area contributed by atoms with E-state index in [9.17, 15) is 13.2 Å². The van der Waals surface area contributed by atoms with Crippen LogP contribution in [0.25, 0.3) is 0 Å². The van der Waals surface area contributed by atoms with Crippen molar-refractivity contribution >= 4 is 21.6 Å². The zero-order valence-corrected chi connectivity index (χ0v) is 15.3. The van der Waals surface area contributed by atoms with Crippen LogP contribution in [0.4, 0.5) is 5.69 Å². The molecule has 0 heterocycles. The van der Waals surface area contributed by atoms with Crippen LogP contribution in [0.5, 0.6) is 5.75 Å². The first kappa shape index (κ1) is 18.8. The molecule has 0 unspecified atom stereocenters.